The van der Waals surface area contributed by atoms with Gasteiger partial charge in [0.2, 0.25) is 5.95 Å². The first-order valence-corrected chi connectivity index (χ1v) is 9.64. The molecule has 0 bridgehead atoms. The number of rotatable bonds is 6. The average molecular weight is 340 g/mol. The van der Waals surface area contributed by atoms with E-state index in [-0.39, 0.29) is 23.5 Å². The van der Waals surface area contributed by atoms with Gasteiger partial charge in [-0.2, -0.15) is 0 Å². The third-order valence-electron chi connectivity index (χ3n) is 3.98. The first-order chi connectivity index (χ1) is 10.8. The Hall–Kier alpha value is -1.70. The van der Waals surface area contributed by atoms with Gasteiger partial charge in [-0.3, -0.25) is 4.79 Å². The van der Waals surface area contributed by atoms with Crippen molar-refractivity contribution in [1.29, 1.82) is 0 Å². The summed E-state index contributed by atoms with van der Waals surface area (Å²) in [6, 6.07) is -0.106. The van der Waals surface area contributed by atoms with Crippen LogP contribution < -0.4 is 10.2 Å². The highest BCUT2D eigenvalue weighted by atomic mass is 32.2. The predicted octanol–water partition coefficient (Wildman–Crippen LogP) is 0.876. The zero-order valence-corrected chi connectivity index (χ0v) is 14.6. The summed E-state index contributed by atoms with van der Waals surface area (Å²) in [7, 11) is -1.17. The van der Waals surface area contributed by atoms with E-state index in [0.29, 0.717) is 30.4 Å². The number of carbonyl (C=O) groups excluding carboxylic acids is 1. The fourth-order valence-corrected chi connectivity index (χ4v) is 4.22. The van der Waals surface area contributed by atoms with Crippen molar-refractivity contribution in [2.75, 3.05) is 30.0 Å². The topological polar surface area (TPSA) is 92.3 Å². The Kier molecular flexibility index (Phi) is 5.56. The molecule has 0 aromatic carbocycles. The van der Waals surface area contributed by atoms with E-state index in [4.69, 9.17) is 0 Å². The molecule has 23 heavy (non-hydrogen) atoms. The molecule has 1 atom stereocenters. The van der Waals surface area contributed by atoms with E-state index in [1.54, 1.807) is 11.9 Å². The number of hydrogen-bond donors (Lipinski definition) is 1. The molecule has 1 fully saturated rings. The molecule has 128 valence electrons. The first-order valence-electron chi connectivity index (χ1n) is 7.82. The number of sulfone groups is 1. The predicted molar refractivity (Wildman–Crippen MR) is 89.3 cm³/mol. The van der Waals surface area contributed by atoms with Crippen molar-refractivity contribution in [3.63, 3.8) is 0 Å². The summed E-state index contributed by atoms with van der Waals surface area (Å²) < 4.78 is 23.1. The number of carbonyl (C=O) groups is 1. The van der Waals surface area contributed by atoms with Crippen LogP contribution >= 0.6 is 0 Å². The summed E-state index contributed by atoms with van der Waals surface area (Å²) >= 11 is 0. The fourth-order valence-electron chi connectivity index (χ4n) is 2.44. The number of amides is 1. The lowest BCUT2D eigenvalue weighted by molar-refractivity contribution is 0.0951. The van der Waals surface area contributed by atoms with Crippen molar-refractivity contribution in [3.8, 4) is 0 Å². The van der Waals surface area contributed by atoms with Gasteiger partial charge >= 0.3 is 0 Å². The summed E-state index contributed by atoms with van der Waals surface area (Å²) in [6.07, 6.45) is 4.46. The molecule has 1 aliphatic heterocycles. The molecule has 1 aromatic rings. The van der Waals surface area contributed by atoms with Gasteiger partial charge in [0.1, 0.15) is 0 Å². The summed E-state index contributed by atoms with van der Waals surface area (Å²) in [5.74, 6) is 1.11. The van der Waals surface area contributed by atoms with Crippen LogP contribution in [-0.2, 0) is 9.84 Å². The third-order valence-corrected chi connectivity index (χ3v) is 5.73. The minimum Gasteiger partial charge on any atom is -0.352 e. The van der Waals surface area contributed by atoms with Crippen LogP contribution in [0.3, 0.4) is 0 Å². The molecule has 0 spiro atoms. The molecule has 0 radical (unpaired) electrons. The van der Waals surface area contributed by atoms with Gasteiger partial charge in [-0.05, 0) is 18.8 Å². The van der Waals surface area contributed by atoms with Gasteiger partial charge in [-0.15, -0.1) is 0 Å². The number of hydrogen-bond acceptors (Lipinski definition) is 6. The van der Waals surface area contributed by atoms with Crippen LogP contribution in [0.15, 0.2) is 12.4 Å². The maximum atomic E-state index is 12.0. The number of aromatic nitrogens is 2. The van der Waals surface area contributed by atoms with Crippen LogP contribution in [0.25, 0.3) is 0 Å². The fraction of sp³-hybridized carbons (Fsp3) is 0.667. The van der Waals surface area contributed by atoms with E-state index in [9.17, 15) is 13.2 Å². The molecule has 2 heterocycles. The second-order valence-electron chi connectivity index (χ2n) is 6.38. The summed E-state index contributed by atoms with van der Waals surface area (Å²) in [4.78, 5) is 22.1. The quantitative estimate of drug-likeness (QED) is 0.826. The lowest BCUT2D eigenvalue weighted by Crippen LogP contribution is -2.34. The number of nitrogens with zero attached hydrogens (tertiary/aromatic N) is 3. The molecule has 8 heteroatoms. The SMILES string of the molecule is CC(C)CCNC(=O)c1cnc(N(C)C2CCS(=O)(=O)C2)nc1. The van der Waals surface area contributed by atoms with Crippen molar-refractivity contribution >= 4 is 21.7 Å². The van der Waals surface area contributed by atoms with Crippen molar-refractivity contribution < 1.29 is 13.2 Å². The second-order valence-corrected chi connectivity index (χ2v) is 8.61. The Balaban J connectivity index is 1.95. The van der Waals surface area contributed by atoms with E-state index < -0.39 is 9.84 Å². The molecule has 0 saturated carbocycles. The van der Waals surface area contributed by atoms with E-state index >= 15 is 0 Å². The van der Waals surface area contributed by atoms with Crippen molar-refractivity contribution in [2.45, 2.75) is 32.7 Å². The van der Waals surface area contributed by atoms with Crippen LogP contribution in [-0.4, -0.2) is 55.4 Å². The van der Waals surface area contributed by atoms with Crippen LogP contribution in [0.5, 0.6) is 0 Å². The molecule has 2 rings (SSSR count). The Morgan fingerprint density at radius 1 is 1.39 bits per heavy atom. The van der Waals surface area contributed by atoms with Gasteiger partial charge in [0.15, 0.2) is 9.84 Å². The maximum Gasteiger partial charge on any atom is 0.254 e. The summed E-state index contributed by atoms with van der Waals surface area (Å²) in [5.41, 5.74) is 0.407. The van der Waals surface area contributed by atoms with E-state index in [1.165, 1.54) is 12.4 Å². The van der Waals surface area contributed by atoms with Gasteiger partial charge in [0.25, 0.3) is 5.91 Å². The lowest BCUT2D eigenvalue weighted by atomic mass is 10.1. The molecule has 1 amide bonds. The van der Waals surface area contributed by atoms with Crippen molar-refractivity contribution in [3.05, 3.63) is 18.0 Å². The minimum absolute atomic E-state index is 0.106. The molecule has 1 unspecified atom stereocenters. The molecular weight excluding hydrogens is 316 g/mol. The van der Waals surface area contributed by atoms with E-state index in [1.807, 2.05) is 0 Å². The minimum atomic E-state index is -2.95. The first kappa shape index (κ1) is 17.7. The summed E-state index contributed by atoms with van der Waals surface area (Å²) in [5, 5.41) is 2.83. The molecule has 1 N–H and O–H groups in total. The molecule has 1 aromatic heterocycles. The van der Waals surface area contributed by atoms with E-state index in [0.717, 1.165) is 6.42 Å². The van der Waals surface area contributed by atoms with Crippen LogP contribution in [0.2, 0.25) is 0 Å². The highest BCUT2D eigenvalue weighted by Crippen LogP contribution is 2.19. The van der Waals surface area contributed by atoms with Crippen LogP contribution in [0.4, 0.5) is 5.95 Å². The van der Waals surface area contributed by atoms with Crippen LogP contribution in [0, 0.1) is 5.92 Å². The van der Waals surface area contributed by atoms with Gasteiger partial charge < -0.3 is 10.2 Å². The lowest BCUT2D eigenvalue weighted by Gasteiger charge is -2.23. The second kappa shape index (κ2) is 7.25. The Morgan fingerprint density at radius 2 is 2.04 bits per heavy atom. The Morgan fingerprint density at radius 3 is 2.57 bits per heavy atom. The largest absolute Gasteiger partial charge is 0.352 e. The standard InChI is InChI=1S/C15H24N4O3S/c1-11(2)4-6-16-14(20)12-8-17-15(18-9-12)19(3)13-5-7-23(21,22)10-13/h8-9,11,13H,4-7,10H2,1-3H3,(H,16,20). The monoisotopic (exact) mass is 340 g/mol. The molecule has 0 aliphatic carbocycles. The maximum absolute atomic E-state index is 12.0. The smallest absolute Gasteiger partial charge is 0.254 e. The molecule has 7 nitrogen and oxygen atoms in total. The molecule has 1 saturated heterocycles. The number of anilines is 1. The van der Waals surface area contributed by atoms with Crippen molar-refractivity contribution in [2.24, 2.45) is 5.92 Å². The summed E-state index contributed by atoms with van der Waals surface area (Å²) in [6.45, 7) is 4.82. The average Bonchev–Trinajstić information content (AvgIpc) is 2.86. The zero-order chi connectivity index (χ0) is 17.0. The molecular formula is C15H24N4O3S. The third kappa shape index (κ3) is 4.89. The van der Waals surface area contributed by atoms with Gasteiger partial charge in [0.05, 0.1) is 17.1 Å². The van der Waals surface area contributed by atoms with Crippen LogP contribution in [0.1, 0.15) is 37.0 Å². The van der Waals surface area contributed by atoms with Gasteiger partial charge in [-0.25, -0.2) is 18.4 Å². The van der Waals surface area contributed by atoms with E-state index in [2.05, 4.69) is 29.1 Å². The zero-order valence-electron chi connectivity index (χ0n) is 13.8. The molecule has 1 aliphatic rings. The Labute approximate surface area is 137 Å². The van der Waals surface area contributed by atoms with Gasteiger partial charge in [0, 0.05) is 32.0 Å². The van der Waals surface area contributed by atoms with Gasteiger partial charge in [-0.1, -0.05) is 13.8 Å². The highest BCUT2D eigenvalue weighted by molar-refractivity contribution is 7.91. The number of nitrogens with one attached hydrogen (secondary N) is 1. The Bertz CT molecular complexity index is 643. The highest BCUT2D eigenvalue weighted by Gasteiger charge is 2.31. The van der Waals surface area contributed by atoms with Crippen molar-refractivity contribution in [1.82, 2.24) is 15.3 Å². The normalized spacial score (nSPS) is 19.7.